The normalized spacial score (nSPS) is 17.0. The third-order valence-corrected chi connectivity index (χ3v) is 9.01. The second kappa shape index (κ2) is 3.30. The summed E-state index contributed by atoms with van der Waals surface area (Å²) in [7, 11) is 0. The van der Waals surface area contributed by atoms with Crippen LogP contribution in [0.15, 0.2) is 11.3 Å². The van der Waals surface area contributed by atoms with E-state index in [2.05, 4.69) is 19.2 Å². The number of imidazole rings is 1. The minimum absolute atomic E-state index is 0.200. The van der Waals surface area contributed by atoms with Gasteiger partial charge in [0.15, 0.2) is 0 Å². The number of aliphatic imine (C=N–C) groups is 1. The molecule has 60 valence electrons. The first-order valence-electron chi connectivity index (χ1n) is 3.05. The molecule has 0 atom stereocenters. The number of aromatic amines is 1. The van der Waals surface area contributed by atoms with Gasteiger partial charge in [-0.05, 0) is 0 Å². The monoisotopic (exact) mass is 374 g/mol. The number of nitrogens with one attached hydrogen (secondary N) is 1. The van der Waals surface area contributed by atoms with Gasteiger partial charge in [0.1, 0.15) is 0 Å². The van der Waals surface area contributed by atoms with Gasteiger partial charge in [0.25, 0.3) is 0 Å². The Labute approximate surface area is 80.1 Å². The quantitative estimate of drug-likeness (QED) is 0.515. The molecule has 0 saturated heterocycles. The second-order valence-electron chi connectivity index (χ2n) is 2.03. The molecule has 1 aliphatic rings. The molecule has 1 N–H and O–H groups in total. The van der Waals surface area contributed by atoms with Gasteiger partial charge >= 0.3 is 80.7 Å². The first-order valence-corrected chi connectivity index (χ1v) is 11.7. The fraction of sp³-hybridized carbons (Fsp3) is 0.167. The molecule has 2 rings (SSSR count). The van der Waals surface area contributed by atoms with Gasteiger partial charge in [-0.15, -0.1) is 0 Å². The van der Waals surface area contributed by atoms with Gasteiger partial charge in [0.05, 0.1) is 0 Å². The molecule has 0 spiro atoms. The maximum absolute atomic E-state index is 4.32. The third kappa shape index (κ3) is 1.53. The summed E-state index contributed by atoms with van der Waals surface area (Å²) < 4.78 is 3.48. The van der Waals surface area contributed by atoms with Crippen molar-refractivity contribution in [2.24, 2.45) is 4.99 Å². The zero-order chi connectivity index (χ0) is 7.68. The van der Waals surface area contributed by atoms with Crippen LogP contribution >= 0.6 is 16.8 Å². The van der Waals surface area contributed by atoms with Crippen LogP contribution in [-0.4, -0.2) is 14.2 Å². The molecular weight excluding hydrogens is 368 g/mol. The Balaban J connectivity index is 2.89. The van der Waals surface area contributed by atoms with E-state index in [4.69, 9.17) is 0 Å². The van der Waals surface area contributed by atoms with E-state index in [1.54, 1.807) is 6.33 Å². The number of halogens is 2. The van der Waals surface area contributed by atoms with Crippen molar-refractivity contribution in [3.63, 3.8) is 0 Å². The summed E-state index contributed by atoms with van der Waals surface area (Å²) in [6, 6.07) is 0. The van der Waals surface area contributed by atoms with Crippen molar-refractivity contribution in [3.8, 4) is 0 Å². The molecule has 0 aromatic carbocycles. The Morgan fingerprint density at radius 3 is 3.45 bits per heavy atom. The zero-order valence-corrected chi connectivity index (χ0v) is 10.1. The molecule has 5 heteroatoms. The summed E-state index contributed by atoms with van der Waals surface area (Å²) in [6.07, 6.45) is 1.78. The van der Waals surface area contributed by atoms with Crippen LogP contribution in [0.3, 0.4) is 0 Å². The van der Waals surface area contributed by atoms with Crippen molar-refractivity contribution in [1.82, 2.24) is 9.97 Å². The van der Waals surface area contributed by atoms with Crippen LogP contribution < -0.4 is 22.6 Å². The van der Waals surface area contributed by atoms with Gasteiger partial charge in [0.2, 0.25) is 0 Å². The van der Waals surface area contributed by atoms with E-state index >= 15 is 0 Å². The number of H-pyrrole nitrogens is 1. The van der Waals surface area contributed by atoms with Crippen molar-refractivity contribution in [1.29, 1.82) is 0 Å². The molecule has 2 heterocycles. The molecule has 0 saturated carbocycles. The van der Waals surface area contributed by atoms with Gasteiger partial charge < -0.3 is 0 Å². The van der Waals surface area contributed by atoms with E-state index < -0.39 is 0 Å². The van der Waals surface area contributed by atoms with Gasteiger partial charge in [0, 0.05) is 0 Å². The number of hydrogen-bond acceptors (Lipinski definition) is 2. The van der Waals surface area contributed by atoms with Gasteiger partial charge in [-0.2, -0.15) is 0 Å². The topological polar surface area (TPSA) is 41.0 Å². The van der Waals surface area contributed by atoms with E-state index in [1.165, 1.54) is 3.28 Å². The molecule has 0 unspecified atom stereocenters. The average molecular weight is 374 g/mol. The molecule has 1 aromatic heterocycles. The first-order chi connectivity index (χ1) is 5.38. The molecule has 1 aromatic rings. The summed E-state index contributed by atoms with van der Waals surface area (Å²) in [6.45, 7) is 2.02. The van der Waals surface area contributed by atoms with Crippen LogP contribution in [0, 0.1) is 3.28 Å². The average Bonchev–Trinajstić information content (AvgIpc) is 2.40. The second-order valence-corrected chi connectivity index (χ2v) is 10.4. The molecule has 0 fully saturated rings. The maximum atomic E-state index is 4.32. The van der Waals surface area contributed by atoms with Crippen molar-refractivity contribution in [3.05, 3.63) is 15.0 Å². The van der Waals surface area contributed by atoms with E-state index in [9.17, 15) is 0 Å². The Morgan fingerprint density at radius 2 is 2.55 bits per heavy atom. The van der Waals surface area contributed by atoms with Crippen molar-refractivity contribution < 1.29 is 17.2 Å². The molecule has 0 bridgehead atoms. The van der Waals surface area contributed by atoms with E-state index in [-0.39, 0.29) is 34.0 Å². The van der Waals surface area contributed by atoms with Gasteiger partial charge in [-0.1, -0.05) is 0 Å². The summed E-state index contributed by atoms with van der Waals surface area (Å²) >= 11 is 0.423. The van der Waals surface area contributed by atoms with Gasteiger partial charge in [-0.3, -0.25) is 0 Å². The summed E-state index contributed by atoms with van der Waals surface area (Å²) in [5, 5.41) is 1.10. The fourth-order valence-electron chi connectivity index (χ4n) is 0.798. The van der Waals surface area contributed by atoms with Crippen LogP contribution in [0.1, 0.15) is 6.92 Å². The Bertz CT molecular complexity index is 404. The summed E-state index contributed by atoms with van der Waals surface area (Å²) in [4.78, 5) is 11.8. The number of rotatable bonds is 0. The Morgan fingerprint density at radius 1 is 1.64 bits per heavy atom. The predicted octanol–water partition coefficient (Wildman–Crippen LogP) is -2.19. The van der Waals surface area contributed by atoms with E-state index in [1.807, 2.05) is 6.92 Å². The number of hydrogen-bond donors (Lipinski definition) is 1. The van der Waals surface area contributed by atoms with Crippen molar-refractivity contribution >= 4 is 26.7 Å². The SMILES string of the molecule is CC1=c2nc[nH]c2=I[I-]C=N1. The van der Waals surface area contributed by atoms with Crippen molar-refractivity contribution in [2.45, 2.75) is 6.92 Å². The standard InChI is InChI=1S/C6H6I2N3/c1-4-5-6(11-3-10-5)8-7-2-9-4/h2-3H,1H3,(H,10,11)/q-1. The molecule has 3 nitrogen and oxygen atoms in total. The summed E-state index contributed by atoms with van der Waals surface area (Å²) in [5.74, 6) is 0. The van der Waals surface area contributed by atoms with Gasteiger partial charge in [-0.25, -0.2) is 0 Å². The molecule has 1 aliphatic heterocycles. The van der Waals surface area contributed by atoms with E-state index in [0.717, 1.165) is 11.0 Å². The van der Waals surface area contributed by atoms with Crippen LogP contribution in [0.5, 0.6) is 0 Å². The molecule has 0 amide bonds. The Hall–Kier alpha value is 0.210. The summed E-state index contributed by atoms with van der Waals surface area (Å²) in [5.41, 5.74) is 1.07. The van der Waals surface area contributed by atoms with Crippen LogP contribution in [0.25, 0.3) is 5.70 Å². The fourth-order valence-corrected chi connectivity index (χ4v) is 7.72. The molecule has 0 aliphatic carbocycles. The zero-order valence-electron chi connectivity index (χ0n) is 5.81. The predicted molar refractivity (Wildman–Crippen MR) is 48.6 cm³/mol. The molecule has 11 heavy (non-hydrogen) atoms. The van der Waals surface area contributed by atoms with Crippen LogP contribution in [0.2, 0.25) is 0 Å². The number of nitrogens with zero attached hydrogens (tertiary/aromatic N) is 2. The van der Waals surface area contributed by atoms with Crippen LogP contribution in [0.4, 0.5) is 0 Å². The molecular formula is C6H6I2N3-. The van der Waals surface area contributed by atoms with Crippen molar-refractivity contribution in [2.75, 3.05) is 0 Å². The van der Waals surface area contributed by atoms with E-state index in [0.29, 0.717) is 0 Å². The Kier molecular flexibility index (Phi) is 2.35. The molecule has 0 radical (unpaired) electrons. The number of aromatic nitrogens is 2. The van der Waals surface area contributed by atoms with Crippen LogP contribution in [-0.2, 0) is 0 Å². The minimum atomic E-state index is 0.200. The number of fused-ring (bicyclic) bond motifs is 1. The first kappa shape index (κ1) is 7.84. The third-order valence-electron chi connectivity index (χ3n) is 1.33.